The molecule has 4 aliphatic rings. The van der Waals surface area contributed by atoms with Gasteiger partial charge in [0.25, 0.3) is 0 Å². The van der Waals surface area contributed by atoms with Crippen LogP contribution in [0.25, 0.3) is 0 Å². The minimum atomic E-state index is 0.298. The van der Waals surface area contributed by atoms with E-state index in [2.05, 4.69) is 16.7 Å². The summed E-state index contributed by atoms with van der Waals surface area (Å²) in [7, 11) is 0. The second-order valence-electron chi connectivity index (χ2n) is 8.82. The summed E-state index contributed by atoms with van der Waals surface area (Å²) in [5.74, 6) is 2.58. The summed E-state index contributed by atoms with van der Waals surface area (Å²) in [5.41, 5.74) is 0.298. The minimum Gasteiger partial charge on any atom is -0.342 e. The summed E-state index contributed by atoms with van der Waals surface area (Å²) in [6, 6.07) is 0. The molecule has 0 aromatic heterocycles. The van der Waals surface area contributed by atoms with E-state index in [1.165, 1.54) is 12.8 Å². The normalized spacial score (nSPS) is 33.7. The smallest absolute Gasteiger partial charge is 0.225 e. The summed E-state index contributed by atoms with van der Waals surface area (Å²) in [5, 5.41) is 0. The molecule has 0 bridgehead atoms. The van der Waals surface area contributed by atoms with Crippen molar-refractivity contribution in [2.24, 2.45) is 23.2 Å². The SMILES string of the molecule is CC1CC(C(=O)N2CCC3(CCC(=O)N(CC4CC4)C3)CC2)C1. The molecule has 2 saturated carbocycles. The van der Waals surface area contributed by atoms with Crippen molar-refractivity contribution in [2.45, 2.75) is 58.3 Å². The average Bonchev–Trinajstić information content (AvgIpc) is 3.32. The van der Waals surface area contributed by atoms with Gasteiger partial charge in [0.05, 0.1) is 0 Å². The fourth-order valence-corrected chi connectivity index (χ4v) is 4.85. The van der Waals surface area contributed by atoms with E-state index < -0.39 is 0 Å². The first kappa shape index (κ1) is 15.5. The summed E-state index contributed by atoms with van der Waals surface area (Å²) in [6.07, 6.45) is 8.73. The predicted molar refractivity (Wildman–Crippen MR) is 88.7 cm³/mol. The number of hydrogen-bond acceptors (Lipinski definition) is 2. The lowest BCUT2D eigenvalue weighted by atomic mass is 9.71. The van der Waals surface area contributed by atoms with E-state index in [0.717, 1.165) is 76.5 Å². The zero-order valence-corrected chi connectivity index (χ0v) is 14.4. The molecule has 4 nitrogen and oxygen atoms in total. The number of hydrogen-bond donors (Lipinski definition) is 0. The van der Waals surface area contributed by atoms with E-state index in [0.29, 0.717) is 23.1 Å². The van der Waals surface area contributed by atoms with E-state index in [1.54, 1.807) is 0 Å². The number of nitrogens with zero attached hydrogens (tertiary/aromatic N) is 2. The van der Waals surface area contributed by atoms with Crippen LogP contribution in [0.3, 0.4) is 0 Å². The molecule has 4 fully saturated rings. The molecule has 0 aromatic carbocycles. The van der Waals surface area contributed by atoms with Gasteiger partial charge in [-0.05, 0) is 62.2 Å². The molecule has 2 aliphatic carbocycles. The minimum absolute atomic E-state index is 0.298. The van der Waals surface area contributed by atoms with Crippen LogP contribution in [-0.4, -0.2) is 47.8 Å². The predicted octanol–water partition coefficient (Wildman–Crippen LogP) is 2.67. The van der Waals surface area contributed by atoms with Crippen LogP contribution in [0.15, 0.2) is 0 Å². The van der Waals surface area contributed by atoms with Crippen LogP contribution in [-0.2, 0) is 9.59 Å². The molecule has 2 saturated heterocycles. The van der Waals surface area contributed by atoms with E-state index in [9.17, 15) is 9.59 Å². The van der Waals surface area contributed by atoms with Crippen LogP contribution in [0, 0.1) is 23.2 Å². The van der Waals surface area contributed by atoms with E-state index in [1.807, 2.05) is 0 Å². The largest absolute Gasteiger partial charge is 0.342 e. The second-order valence-corrected chi connectivity index (χ2v) is 8.82. The first-order valence-electron chi connectivity index (χ1n) is 9.61. The summed E-state index contributed by atoms with van der Waals surface area (Å²) >= 11 is 0. The van der Waals surface area contributed by atoms with Crippen LogP contribution >= 0.6 is 0 Å². The summed E-state index contributed by atoms with van der Waals surface area (Å²) in [6.45, 7) is 6.00. The molecular weight excluding hydrogens is 288 g/mol. The van der Waals surface area contributed by atoms with Gasteiger partial charge in [-0.3, -0.25) is 9.59 Å². The van der Waals surface area contributed by atoms with Gasteiger partial charge in [-0.1, -0.05) is 6.92 Å². The lowest BCUT2D eigenvalue weighted by Gasteiger charge is -2.48. The summed E-state index contributed by atoms with van der Waals surface area (Å²) in [4.78, 5) is 29.0. The van der Waals surface area contributed by atoms with Crippen molar-refractivity contribution in [3.63, 3.8) is 0 Å². The average molecular weight is 318 g/mol. The Morgan fingerprint density at radius 1 is 1.17 bits per heavy atom. The van der Waals surface area contributed by atoms with Gasteiger partial charge >= 0.3 is 0 Å². The van der Waals surface area contributed by atoms with Crippen molar-refractivity contribution in [1.29, 1.82) is 0 Å². The standard InChI is InChI=1S/C19H30N2O2/c1-14-10-16(11-14)18(23)20-8-6-19(7-9-20)5-4-17(22)21(13-19)12-15-2-3-15/h14-16H,2-13H2,1H3. The lowest BCUT2D eigenvalue weighted by Crippen LogP contribution is -2.54. The lowest BCUT2D eigenvalue weighted by molar-refractivity contribution is -0.146. The van der Waals surface area contributed by atoms with E-state index >= 15 is 0 Å². The third-order valence-corrected chi connectivity index (χ3v) is 6.78. The van der Waals surface area contributed by atoms with Gasteiger partial charge in [0, 0.05) is 38.5 Å². The maximum atomic E-state index is 12.5. The number of rotatable bonds is 3. The van der Waals surface area contributed by atoms with E-state index in [4.69, 9.17) is 0 Å². The Kier molecular flexibility index (Phi) is 3.89. The monoisotopic (exact) mass is 318 g/mol. The molecular formula is C19H30N2O2. The maximum absolute atomic E-state index is 12.5. The number of amides is 2. The van der Waals surface area contributed by atoms with Crippen LogP contribution in [0.2, 0.25) is 0 Å². The number of carbonyl (C=O) groups is 2. The van der Waals surface area contributed by atoms with Crippen molar-refractivity contribution in [3.8, 4) is 0 Å². The maximum Gasteiger partial charge on any atom is 0.225 e. The number of carbonyl (C=O) groups excluding carboxylic acids is 2. The molecule has 2 aliphatic heterocycles. The third-order valence-electron chi connectivity index (χ3n) is 6.78. The molecule has 2 amide bonds. The molecule has 0 atom stereocenters. The highest BCUT2D eigenvalue weighted by Gasteiger charge is 2.44. The molecule has 0 unspecified atom stereocenters. The Hall–Kier alpha value is -1.06. The van der Waals surface area contributed by atoms with Crippen LogP contribution in [0.1, 0.15) is 58.3 Å². The van der Waals surface area contributed by atoms with Gasteiger partial charge in [0.2, 0.25) is 11.8 Å². The van der Waals surface area contributed by atoms with Gasteiger partial charge in [0.15, 0.2) is 0 Å². The van der Waals surface area contributed by atoms with Crippen molar-refractivity contribution < 1.29 is 9.59 Å². The molecule has 128 valence electrons. The van der Waals surface area contributed by atoms with Gasteiger partial charge < -0.3 is 9.80 Å². The van der Waals surface area contributed by atoms with Crippen molar-refractivity contribution >= 4 is 11.8 Å². The molecule has 0 aromatic rings. The van der Waals surface area contributed by atoms with Crippen molar-refractivity contribution in [2.75, 3.05) is 26.2 Å². The van der Waals surface area contributed by atoms with Crippen LogP contribution < -0.4 is 0 Å². The van der Waals surface area contributed by atoms with Gasteiger partial charge in [0.1, 0.15) is 0 Å². The molecule has 0 N–H and O–H groups in total. The number of likely N-dealkylation sites (tertiary alicyclic amines) is 2. The first-order valence-corrected chi connectivity index (χ1v) is 9.61. The Balaban J connectivity index is 1.32. The van der Waals surface area contributed by atoms with Crippen LogP contribution in [0.5, 0.6) is 0 Å². The summed E-state index contributed by atoms with van der Waals surface area (Å²) < 4.78 is 0. The molecule has 1 spiro atoms. The van der Waals surface area contributed by atoms with Crippen molar-refractivity contribution in [3.05, 3.63) is 0 Å². The van der Waals surface area contributed by atoms with Crippen molar-refractivity contribution in [1.82, 2.24) is 9.80 Å². The fraction of sp³-hybridized carbons (Fsp3) is 0.895. The molecule has 2 heterocycles. The Morgan fingerprint density at radius 3 is 2.48 bits per heavy atom. The zero-order chi connectivity index (χ0) is 16.0. The highest BCUT2D eigenvalue weighted by atomic mass is 16.2. The highest BCUT2D eigenvalue weighted by Crippen LogP contribution is 2.43. The fourth-order valence-electron chi connectivity index (χ4n) is 4.85. The van der Waals surface area contributed by atoms with Gasteiger partial charge in [-0.2, -0.15) is 0 Å². The topological polar surface area (TPSA) is 40.6 Å². The van der Waals surface area contributed by atoms with E-state index in [-0.39, 0.29) is 0 Å². The molecule has 23 heavy (non-hydrogen) atoms. The second kappa shape index (κ2) is 5.78. The molecule has 4 rings (SSSR count). The van der Waals surface area contributed by atoms with Gasteiger partial charge in [-0.25, -0.2) is 0 Å². The Labute approximate surface area is 139 Å². The quantitative estimate of drug-likeness (QED) is 0.803. The Bertz CT molecular complexity index is 486. The van der Waals surface area contributed by atoms with Gasteiger partial charge in [-0.15, -0.1) is 0 Å². The first-order chi connectivity index (χ1) is 11.0. The molecule has 4 heteroatoms. The molecule has 0 radical (unpaired) electrons. The number of piperidine rings is 2. The zero-order valence-electron chi connectivity index (χ0n) is 14.4. The van der Waals surface area contributed by atoms with Crippen LogP contribution in [0.4, 0.5) is 0 Å². The highest BCUT2D eigenvalue weighted by molar-refractivity contribution is 5.80. The third kappa shape index (κ3) is 3.14. The Morgan fingerprint density at radius 2 is 1.87 bits per heavy atom.